The smallest absolute Gasteiger partial charge is 0.194 e. The van der Waals surface area contributed by atoms with Crippen molar-refractivity contribution in [3.8, 4) is 0 Å². The molecule has 1 saturated heterocycles. The Kier molecular flexibility index (Phi) is 3.97. The number of imidazole rings is 1. The second-order valence-corrected chi connectivity index (χ2v) is 7.18. The third-order valence-electron chi connectivity index (χ3n) is 4.73. The first-order valence-corrected chi connectivity index (χ1v) is 9.22. The van der Waals surface area contributed by atoms with Gasteiger partial charge in [-0.05, 0) is 33.2 Å². The summed E-state index contributed by atoms with van der Waals surface area (Å²) in [6.45, 7) is 6.07. The number of aromatic nitrogens is 4. The lowest BCUT2D eigenvalue weighted by atomic mass is 10.1. The van der Waals surface area contributed by atoms with Crippen LogP contribution in [0, 0.1) is 13.8 Å². The van der Waals surface area contributed by atoms with Crippen LogP contribution in [0.2, 0.25) is 0 Å². The molecule has 4 rings (SSSR count). The zero-order chi connectivity index (χ0) is 16.7. The van der Waals surface area contributed by atoms with E-state index in [-0.39, 0.29) is 0 Å². The number of nitrogens with zero attached hydrogens (tertiary/aromatic N) is 5. The van der Waals surface area contributed by atoms with Gasteiger partial charge in [-0.2, -0.15) is 0 Å². The van der Waals surface area contributed by atoms with E-state index in [4.69, 9.17) is 4.98 Å². The van der Waals surface area contributed by atoms with E-state index in [2.05, 4.69) is 49.2 Å². The number of thiazole rings is 1. The van der Waals surface area contributed by atoms with Crippen LogP contribution in [0.4, 0.5) is 5.82 Å². The molecular weight excluding hydrogens is 320 g/mol. The second kappa shape index (κ2) is 6.14. The minimum Gasteiger partial charge on any atom is -0.373 e. The minimum absolute atomic E-state index is 0.349. The molecule has 3 aromatic rings. The minimum atomic E-state index is 0.349. The quantitative estimate of drug-likeness (QED) is 0.789. The van der Waals surface area contributed by atoms with Gasteiger partial charge in [0.2, 0.25) is 0 Å². The van der Waals surface area contributed by atoms with Crippen LogP contribution in [0.3, 0.4) is 0 Å². The lowest BCUT2D eigenvalue weighted by Crippen LogP contribution is -2.25. The highest BCUT2D eigenvalue weighted by molar-refractivity contribution is 7.15. The van der Waals surface area contributed by atoms with Gasteiger partial charge in [0.05, 0.1) is 23.1 Å². The van der Waals surface area contributed by atoms with Crippen molar-refractivity contribution < 1.29 is 0 Å². The van der Waals surface area contributed by atoms with Crippen molar-refractivity contribution in [1.82, 2.24) is 24.3 Å². The van der Waals surface area contributed by atoms with Gasteiger partial charge in [-0.3, -0.25) is 9.30 Å². The fourth-order valence-electron chi connectivity index (χ4n) is 3.56. The molecule has 1 fully saturated rings. The second-order valence-electron chi connectivity index (χ2n) is 6.30. The van der Waals surface area contributed by atoms with Gasteiger partial charge >= 0.3 is 0 Å². The predicted molar refractivity (Wildman–Crippen MR) is 96.5 cm³/mol. The topological polar surface area (TPSA) is 58.4 Å². The number of hydrogen-bond acceptors (Lipinski definition) is 6. The van der Waals surface area contributed by atoms with Gasteiger partial charge in [-0.15, -0.1) is 11.3 Å². The SMILES string of the molecule is CNc1cc(C2CCCN2Cc2c(C)nc3sccn23)nc(C)n1. The maximum absolute atomic E-state index is 4.70. The van der Waals surface area contributed by atoms with Crippen molar-refractivity contribution in [2.24, 2.45) is 0 Å². The van der Waals surface area contributed by atoms with Gasteiger partial charge in [-0.1, -0.05) is 0 Å². The Morgan fingerprint density at radius 3 is 3.00 bits per heavy atom. The molecule has 1 aliphatic rings. The molecule has 0 aromatic carbocycles. The maximum atomic E-state index is 4.70. The van der Waals surface area contributed by atoms with Gasteiger partial charge in [0, 0.05) is 31.2 Å². The van der Waals surface area contributed by atoms with Gasteiger partial charge in [-0.25, -0.2) is 15.0 Å². The molecule has 0 amide bonds. The maximum Gasteiger partial charge on any atom is 0.194 e. The van der Waals surface area contributed by atoms with Crippen LogP contribution < -0.4 is 5.32 Å². The zero-order valence-corrected chi connectivity index (χ0v) is 15.1. The molecule has 6 nitrogen and oxygen atoms in total. The van der Waals surface area contributed by atoms with Gasteiger partial charge in [0.1, 0.15) is 11.6 Å². The standard InChI is InChI=1S/C17H22N6S/c1-11-15(23-7-8-24-17(23)19-11)10-22-6-4-5-14(22)13-9-16(18-3)21-12(2)20-13/h7-9,14H,4-6,10H2,1-3H3,(H,18,20,21). The average molecular weight is 342 g/mol. The highest BCUT2D eigenvalue weighted by Gasteiger charge is 2.29. The van der Waals surface area contributed by atoms with Crippen molar-refractivity contribution in [2.75, 3.05) is 18.9 Å². The summed E-state index contributed by atoms with van der Waals surface area (Å²) in [6.07, 6.45) is 4.46. The predicted octanol–water partition coefficient (Wildman–Crippen LogP) is 3.18. The summed E-state index contributed by atoms with van der Waals surface area (Å²) in [4.78, 5) is 17.4. The molecule has 7 heteroatoms. The zero-order valence-electron chi connectivity index (χ0n) is 14.3. The van der Waals surface area contributed by atoms with Gasteiger partial charge < -0.3 is 5.32 Å². The Balaban J connectivity index is 1.64. The van der Waals surface area contributed by atoms with Crippen LogP contribution in [0.15, 0.2) is 17.6 Å². The summed E-state index contributed by atoms with van der Waals surface area (Å²) in [5, 5.41) is 5.24. The van der Waals surface area contributed by atoms with Crippen LogP contribution in [0.5, 0.6) is 0 Å². The van der Waals surface area contributed by atoms with Crippen molar-refractivity contribution >= 4 is 22.1 Å². The first-order chi connectivity index (χ1) is 11.7. The number of anilines is 1. The Morgan fingerprint density at radius 1 is 1.29 bits per heavy atom. The Morgan fingerprint density at radius 2 is 2.17 bits per heavy atom. The first kappa shape index (κ1) is 15.5. The Bertz CT molecular complexity index is 867. The van der Waals surface area contributed by atoms with Crippen molar-refractivity contribution in [3.63, 3.8) is 0 Å². The molecule has 1 N–H and O–H groups in total. The summed E-state index contributed by atoms with van der Waals surface area (Å²) in [7, 11) is 1.90. The Labute approximate surface area is 145 Å². The summed E-state index contributed by atoms with van der Waals surface area (Å²) < 4.78 is 2.22. The molecule has 0 aliphatic carbocycles. The third-order valence-corrected chi connectivity index (χ3v) is 5.49. The molecule has 0 spiro atoms. The number of fused-ring (bicyclic) bond motifs is 1. The normalized spacial score (nSPS) is 18.5. The molecular formula is C17H22N6S. The number of rotatable bonds is 4. The van der Waals surface area contributed by atoms with E-state index in [1.165, 1.54) is 12.1 Å². The monoisotopic (exact) mass is 342 g/mol. The first-order valence-electron chi connectivity index (χ1n) is 8.34. The van der Waals surface area contributed by atoms with Crippen LogP contribution in [-0.4, -0.2) is 37.8 Å². The van der Waals surface area contributed by atoms with Crippen molar-refractivity contribution in [1.29, 1.82) is 0 Å². The van der Waals surface area contributed by atoms with E-state index >= 15 is 0 Å². The fourth-order valence-corrected chi connectivity index (χ4v) is 4.34. The molecule has 0 saturated carbocycles. The summed E-state index contributed by atoms with van der Waals surface area (Å²) in [6, 6.07) is 2.43. The Hall–Kier alpha value is -1.99. The summed E-state index contributed by atoms with van der Waals surface area (Å²) in [5.74, 6) is 1.72. The number of nitrogens with one attached hydrogen (secondary N) is 1. The van der Waals surface area contributed by atoms with E-state index in [1.54, 1.807) is 11.3 Å². The molecule has 3 aromatic heterocycles. The van der Waals surface area contributed by atoms with Crippen LogP contribution >= 0.6 is 11.3 Å². The van der Waals surface area contributed by atoms with E-state index in [1.807, 2.05) is 14.0 Å². The number of likely N-dealkylation sites (tertiary alicyclic amines) is 1. The van der Waals surface area contributed by atoms with Gasteiger partial charge in [0.15, 0.2) is 4.96 Å². The largest absolute Gasteiger partial charge is 0.373 e. The van der Waals surface area contributed by atoms with Gasteiger partial charge in [0.25, 0.3) is 0 Å². The molecule has 0 radical (unpaired) electrons. The van der Waals surface area contributed by atoms with Crippen molar-refractivity contribution in [3.05, 3.63) is 40.5 Å². The molecule has 4 heterocycles. The lowest BCUT2D eigenvalue weighted by molar-refractivity contribution is 0.240. The molecule has 0 bridgehead atoms. The van der Waals surface area contributed by atoms with E-state index < -0.39 is 0 Å². The number of hydrogen-bond donors (Lipinski definition) is 1. The molecule has 1 unspecified atom stereocenters. The third kappa shape index (κ3) is 2.67. The highest BCUT2D eigenvalue weighted by atomic mass is 32.1. The van der Waals surface area contributed by atoms with E-state index in [0.717, 1.165) is 47.5 Å². The van der Waals surface area contributed by atoms with Crippen LogP contribution in [-0.2, 0) is 6.54 Å². The highest BCUT2D eigenvalue weighted by Crippen LogP contribution is 2.33. The average Bonchev–Trinajstić information content (AvgIpc) is 3.25. The lowest BCUT2D eigenvalue weighted by Gasteiger charge is -2.24. The molecule has 1 aliphatic heterocycles. The van der Waals surface area contributed by atoms with E-state index in [9.17, 15) is 0 Å². The van der Waals surface area contributed by atoms with Crippen LogP contribution in [0.1, 0.15) is 41.8 Å². The molecule has 24 heavy (non-hydrogen) atoms. The molecule has 126 valence electrons. The summed E-state index contributed by atoms with van der Waals surface area (Å²) >= 11 is 1.69. The van der Waals surface area contributed by atoms with E-state index in [0.29, 0.717) is 6.04 Å². The molecule has 1 atom stereocenters. The summed E-state index contributed by atoms with van der Waals surface area (Å²) in [5.41, 5.74) is 3.54. The number of aryl methyl sites for hydroxylation is 2. The fraction of sp³-hybridized carbons (Fsp3) is 0.471. The van der Waals surface area contributed by atoms with Crippen LogP contribution in [0.25, 0.3) is 4.96 Å². The van der Waals surface area contributed by atoms with Crippen molar-refractivity contribution in [2.45, 2.75) is 39.3 Å².